The molecule has 0 unspecified atom stereocenters. The number of hydrogen-bond donors (Lipinski definition) is 2. The van der Waals surface area contributed by atoms with Crippen molar-refractivity contribution in [3.63, 3.8) is 0 Å². The van der Waals surface area contributed by atoms with Crippen molar-refractivity contribution in [2.75, 3.05) is 11.9 Å². The van der Waals surface area contributed by atoms with Crippen LogP contribution in [-0.4, -0.2) is 39.6 Å². The average molecular weight is 490 g/mol. The Labute approximate surface area is 209 Å². The molecule has 182 valence electrons. The van der Waals surface area contributed by atoms with Crippen LogP contribution in [0.3, 0.4) is 0 Å². The largest absolute Gasteiger partial charge is 0.393 e. The van der Waals surface area contributed by atoms with E-state index in [0.717, 1.165) is 23.3 Å². The summed E-state index contributed by atoms with van der Waals surface area (Å²) in [6, 6.07) is 8.98. The lowest BCUT2D eigenvalue weighted by Gasteiger charge is -2.27. The van der Waals surface area contributed by atoms with Crippen LogP contribution >= 0.6 is 11.3 Å². The summed E-state index contributed by atoms with van der Waals surface area (Å²) in [5.74, 6) is 1.38. The van der Waals surface area contributed by atoms with E-state index in [9.17, 15) is 9.90 Å². The zero-order valence-electron chi connectivity index (χ0n) is 20.2. The quantitative estimate of drug-likeness (QED) is 0.464. The highest BCUT2D eigenvalue weighted by Gasteiger charge is 2.32. The van der Waals surface area contributed by atoms with Gasteiger partial charge in [0.2, 0.25) is 5.78 Å². The van der Waals surface area contributed by atoms with Crippen LogP contribution in [0.1, 0.15) is 87.0 Å². The molecule has 3 aliphatic rings. The van der Waals surface area contributed by atoms with Crippen LogP contribution in [0, 0.1) is 12.8 Å². The van der Waals surface area contributed by atoms with Crippen LogP contribution in [0.2, 0.25) is 0 Å². The summed E-state index contributed by atoms with van der Waals surface area (Å²) in [5, 5.41) is 13.5. The fourth-order valence-corrected chi connectivity index (χ4v) is 6.54. The van der Waals surface area contributed by atoms with Gasteiger partial charge in [0.05, 0.1) is 23.2 Å². The molecule has 0 spiro atoms. The van der Waals surface area contributed by atoms with Crippen molar-refractivity contribution in [2.24, 2.45) is 5.92 Å². The Balaban J connectivity index is 1.29. The van der Waals surface area contributed by atoms with Gasteiger partial charge in [-0.3, -0.25) is 4.79 Å². The second kappa shape index (κ2) is 9.12. The molecule has 35 heavy (non-hydrogen) atoms. The van der Waals surface area contributed by atoms with Gasteiger partial charge in [-0.15, -0.1) is 11.3 Å². The van der Waals surface area contributed by atoms with Gasteiger partial charge < -0.3 is 15.2 Å². The van der Waals surface area contributed by atoms with Gasteiger partial charge in [0.15, 0.2) is 0 Å². The number of rotatable bonds is 6. The van der Waals surface area contributed by atoms with Crippen LogP contribution in [0.25, 0.3) is 0 Å². The van der Waals surface area contributed by atoms with Crippen LogP contribution < -0.4 is 5.32 Å². The molecule has 2 fully saturated rings. The number of thiophene rings is 1. The minimum Gasteiger partial charge on any atom is -0.393 e. The number of anilines is 1. The normalized spacial score (nSPS) is 25.9. The first kappa shape index (κ1) is 22.8. The fraction of sp³-hybridized carbons (Fsp3) is 0.464. The Morgan fingerprint density at radius 3 is 2.83 bits per heavy atom. The highest BCUT2D eigenvalue weighted by atomic mass is 32.1. The summed E-state index contributed by atoms with van der Waals surface area (Å²) >= 11 is 1.51. The maximum absolute atomic E-state index is 13.6. The van der Waals surface area contributed by atoms with Gasteiger partial charge in [-0.05, 0) is 79.2 Å². The van der Waals surface area contributed by atoms with E-state index in [1.165, 1.54) is 47.2 Å². The number of hydrogen-bond acceptors (Lipinski definition) is 7. The number of nitrogens with one attached hydrogen (secondary N) is 1. The SMILES string of the molecule is Cc1sc(C(=O)c2cncnc2N[C@@H]2C[C@@H](C)[C@H](O)C2)cc1[C@@H]1OCCc2ccc(C3CC3)cc21. The Morgan fingerprint density at radius 1 is 1.20 bits per heavy atom. The van der Waals surface area contributed by atoms with E-state index in [-0.39, 0.29) is 30.0 Å². The summed E-state index contributed by atoms with van der Waals surface area (Å²) < 4.78 is 6.29. The van der Waals surface area contributed by atoms with Crippen molar-refractivity contribution >= 4 is 22.9 Å². The molecule has 6 rings (SSSR count). The van der Waals surface area contributed by atoms with Crippen molar-refractivity contribution in [3.05, 3.63) is 74.4 Å². The highest BCUT2D eigenvalue weighted by molar-refractivity contribution is 7.14. The standard InChI is InChI=1S/C28H31N3O3S/c1-15-9-20(11-24(15)32)31-28-23(13-29-14-30-28)26(33)25-12-21(16(2)35-25)27-22-10-19(17-3-4-17)6-5-18(22)7-8-34-27/h5-6,10,12-15,17,20,24,27,32H,3-4,7-9,11H2,1-2H3,(H,29,30,31)/t15-,20-,24-,27+/m1/s1. The van der Waals surface area contributed by atoms with Crippen molar-refractivity contribution < 1.29 is 14.6 Å². The number of aliphatic hydroxyl groups excluding tert-OH is 1. The first-order valence-electron chi connectivity index (χ1n) is 12.6. The first-order valence-corrected chi connectivity index (χ1v) is 13.4. The van der Waals surface area contributed by atoms with Gasteiger partial charge in [0.1, 0.15) is 18.2 Å². The molecule has 0 radical (unpaired) electrons. The average Bonchev–Trinajstić information content (AvgIpc) is 3.57. The highest BCUT2D eigenvalue weighted by Crippen LogP contribution is 2.44. The predicted octanol–water partition coefficient (Wildman–Crippen LogP) is 5.19. The molecule has 3 aromatic rings. The summed E-state index contributed by atoms with van der Waals surface area (Å²) in [7, 11) is 0. The number of fused-ring (bicyclic) bond motifs is 1. The van der Waals surface area contributed by atoms with Crippen molar-refractivity contribution in [1.82, 2.24) is 9.97 Å². The van der Waals surface area contributed by atoms with Gasteiger partial charge in [0.25, 0.3) is 0 Å². The third kappa shape index (κ3) is 4.41. The molecule has 1 aliphatic heterocycles. The lowest BCUT2D eigenvalue weighted by molar-refractivity contribution is 0.0697. The van der Waals surface area contributed by atoms with Crippen LogP contribution in [-0.2, 0) is 11.2 Å². The molecular formula is C28H31N3O3S. The second-order valence-corrected chi connectivity index (χ2v) is 11.6. The minimum atomic E-state index is -0.324. The zero-order chi connectivity index (χ0) is 24.1. The molecule has 2 saturated carbocycles. The third-order valence-electron chi connectivity index (χ3n) is 7.76. The first-order chi connectivity index (χ1) is 17.0. The van der Waals surface area contributed by atoms with E-state index in [4.69, 9.17) is 4.74 Å². The molecule has 0 amide bonds. The molecule has 0 bridgehead atoms. The van der Waals surface area contributed by atoms with Crippen molar-refractivity contribution in [1.29, 1.82) is 0 Å². The van der Waals surface area contributed by atoms with E-state index < -0.39 is 0 Å². The molecule has 4 atom stereocenters. The number of ketones is 1. The van der Waals surface area contributed by atoms with Crippen LogP contribution in [0.5, 0.6) is 0 Å². The lowest BCUT2D eigenvalue weighted by atomic mass is 9.90. The number of nitrogens with zero attached hydrogens (tertiary/aromatic N) is 2. The molecule has 2 aromatic heterocycles. The van der Waals surface area contributed by atoms with E-state index in [1.807, 2.05) is 13.0 Å². The number of carbonyl (C=O) groups is 1. The zero-order valence-corrected chi connectivity index (χ0v) is 21.0. The predicted molar refractivity (Wildman–Crippen MR) is 136 cm³/mol. The Kier molecular flexibility index (Phi) is 5.95. The monoisotopic (exact) mass is 489 g/mol. The molecule has 2 N–H and O–H groups in total. The fourth-order valence-electron chi connectivity index (χ4n) is 5.54. The topological polar surface area (TPSA) is 84.3 Å². The number of benzene rings is 1. The number of aliphatic hydroxyl groups is 1. The maximum Gasteiger partial charge on any atom is 0.208 e. The number of carbonyl (C=O) groups excluding carboxylic acids is 1. The number of aryl methyl sites for hydroxylation is 1. The molecule has 6 nitrogen and oxygen atoms in total. The minimum absolute atomic E-state index is 0.0817. The lowest BCUT2D eigenvalue weighted by Crippen LogP contribution is -2.20. The Hall–Kier alpha value is -2.61. The summed E-state index contributed by atoms with van der Waals surface area (Å²) in [5.41, 5.74) is 5.55. The van der Waals surface area contributed by atoms with Gasteiger partial charge in [-0.2, -0.15) is 0 Å². The van der Waals surface area contributed by atoms with E-state index >= 15 is 0 Å². The second-order valence-electron chi connectivity index (χ2n) is 10.3. The van der Waals surface area contributed by atoms with E-state index in [1.54, 1.807) is 6.20 Å². The van der Waals surface area contributed by atoms with Gasteiger partial charge in [-0.1, -0.05) is 25.1 Å². The summed E-state index contributed by atoms with van der Waals surface area (Å²) in [4.78, 5) is 23.9. The third-order valence-corrected chi connectivity index (χ3v) is 8.82. The Morgan fingerprint density at radius 2 is 2.06 bits per heavy atom. The molecule has 3 heterocycles. The van der Waals surface area contributed by atoms with Crippen LogP contribution in [0.15, 0.2) is 36.8 Å². The van der Waals surface area contributed by atoms with Crippen LogP contribution in [0.4, 0.5) is 5.82 Å². The van der Waals surface area contributed by atoms with Gasteiger partial charge >= 0.3 is 0 Å². The molecule has 1 aromatic carbocycles. The Bertz CT molecular complexity index is 1260. The van der Waals surface area contributed by atoms with Gasteiger partial charge in [0, 0.05) is 17.1 Å². The van der Waals surface area contributed by atoms with Crippen molar-refractivity contribution in [2.45, 2.75) is 70.1 Å². The smallest absolute Gasteiger partial charge is 0.208 e. The van der Waals surface area contributed by atoms with Gasteiger partial charge in [-0.25, -0.2) is 9.97 Å². The molecule has 2 aliphatic carbocycles. The molecular weight excluding hydrogens is 458 g/mol. The summed E-state index contributed by atoms with van der Waals surface area (Å²) in [6.45, 7) is 4.81. The molecule has 0 saturated heterocycles. The van der Waals surface area contributed by atoms with Crippen molar-refractivity contribution in [3.8, 4) is 0 Å². The number of aromatic nitrogens is 2. The maximum atomic E-state index is 13.6. The van der Waals surface area contributed by atoms with E-state index in [2.05, 4.69) is 40.4 Å². The summed E-state index contributed by atoms with van der Waals surface area (Å²) in [6.07, 6.45) is 7.57. The molecule has 7 heteroatoms. The van der Waals surface area contributed by atoms with E-state index in [0.29, 0.717) is 35.2 Å². The number of ether oxygens (including phenoxy) is 1.